The summed E-state index contributed by atoms with van der Waals surface area (Å²) < 4.78 is 0. The second-order valence-corrected chi connectivity index (χ2v) is 7.89. The third kappa shape index (κ3) is 5.35. The largest absolute Gasteiger partial charge is 0.355 e. The van der Waals surface area contributed by atoms with E-state index in [-0.39, 0.29) is 23.8 Å². The van der Waals surface area contributed by atoms with Crippen LogP contribution < -0.4 is 5.32 Å². The molecule has 158 valence electrons. The van der Waals surface area contributed by atoms with Crippen LogP contribution in [0.15, 0.2) is 24.3 Å². The van der Waals surface area contributed by atoms with Crippen molar-refractivity contribution in [2.24, 2.45) is 0 Å². The van der Waals surface area contributed by atoms with Gasteiger partial charge in [-0.1, -0.05) is 31.2 Å². The topological polar surface area (TPSA) is 73.0 Å². The molecule has 0 spiro atoms. The first-order valence-electron chi connectivity index (χ1n) is 10.6. The van der Waals surface area contributed by atoms with E-state index in [1.807, 2.05) is 34.9 Å². The summed E-state index contributed by atoms with van der Waals surface area (Å²) in [5, 5.41) is 2.89. The molecule has 0 aliphatic carbocycles. The summed E-state index contributed by atoms with van der Waals surface area (Å²) in [6.07, 6.45) is 2.07. The Kier molecular flexibility index (Phi) is 7.25. The summed E-state index contributed by atoms with van der Waals surface area (Å²) in [5.41, 5.74) is 2.32. The zero-order valence-electron chi connectivity index (χ0n) is 17.5. The Labute approximate surface area is 173 Å². The molecule has 1 saturated heterocycles. The minimum atomic E-state index is -0.192. The van der Waals surface area contributed by atoms with E-state index in [2.05, 4.69) is 16.3 Å². The van der Waals surface area contributed by atoms with Gasteiger partial charge in [0.1, 0.15) is 0 Å². The van der Waals surface area contributed by atoms with Crippen molar-refractivity contribution < 1.29 is 14.4 Å². The van der Waals surface area contributed by atoms with Crippen molar-refractivity contribution in [1.29, 1.82) is 0 Å². The van der Waals surface area contributed by atoms with Crippen LogP contribution in [0.4, 0.5) is 0 Å². The van der Waals surface area contributed by atoms with Crippen molar-refractivity contribution in [3.8, 4) is 0 Å². The van der Waals surface area contributed by atoms with Crippen LogP contribution in [-0.4, -0.2) is 78.2 Å². The molecule has 0 radical (unpaired) electrons. The van der Waals surface area contributed by atoms with Crippen LogP contribution in [0.1, 0.15) is 43.9 Å². The highest BCUT2D eigenvalue weighted by atomic mass is 16.2. The number of fused-ring (bicyclic) bond motifs is 1. The van der Waals surface area contributed by atoms with E-state index in [1.165, 1.54) is 5.56 Å². The molecule has 1 aromatic rings. The molecule has 0 aromatic heterocycles. The van der Waals surface area contributed by atoms with E-state index in [0.717, 1.165) is 18.4 Å². The van der Waals surface area contributed by atoms with E-state index in [9.17, 15) is 14.4 Å². The molecule has 1 aromatic carbocycles. The lowest BCUT2D eigenvalue weighted by Crippen LogP contribution is -2.52. The van der Waals surface area contributed by atoms with E-state index < -0.39 is 0 Å². The first kappa shape index (κ1) is 21.3. The number of nitrogens with zero attached hydrogens (tertiary/aromatic N) is 3. The molecule has 2 aliphatic rings. The van der Waals surface area contributed by atoms with Gasteiger partial charge in [-0.25, -0.2) is 0 Å². The molecule has 0 saturated carbocycles. The van der Waals surface area contributed by atoms with E-state index in [0.29, 0.717) is 52.2 Å². The molecule has 1 atom stereocenters. The van der Waals surface area contributed by atoms with Gasteiger partial charge in [0.25, 0.3) is 0 Å². The van der Waals surface area contributed by atoms with Crippen molar-refractivity contribution in [1.82, 2.24) is 20.0 Å². The van der Waals surface area contributed by atoms with Crippen LogP contribution in [0.25, 0.3) is 0 Å². The summed E-state index contributed by atoms with van der Waals surface area (Å²) >= 11 is 0. The lowest BCUT2D eigenvalue weighted by Gasteiger charge is -2.39. The van der Waals surface area contributed by atoms with Crippen molar-refractivity contribution in [2.45, 2.75) is 39.2 Å². The van der Waals surface area contributed by atoms with Gasteiger partial charge >= 0.3 is 0 Å². The minimum absolute atomic E-state index is 0.0141. The first-order chi connectivity index (χ1) is 14.0. The maximum absolute atomic E-state index is 13.0. The fourth-order valence-electron chi connectivity index (χ4n) is 4.22. The summed E-state index contributed by atoms with van der Waals surface area (Å²) in [4.78, 5) is 42.8. The molecule has 3 rings (SSSR count). The molecular weight excluding hydrogens is 368 g/mol. The molecule has 3 amide bonds. The quantitative estimate of drug-likeness (QED) is 0.779. The molecule has 7 nitrogen and oxygen atoms in total. The number of hydrogen-bond acceptors (Lipinski definition) is 4. The Balaban J connectivity index is 1.57. The van der Waals surface area contributed by atoms with Crippen molar-refractivity contribution in [3.63, 3.8) is 0 Å². The predicted molar refractivity (Wildman–Crippen MR) is 111 cm³/mol. The van der Waals surface area contributed by atoms with Gasteiger partial charge in [0.05, 0.1) is 19.0 Å². The smallest absolute Gasteiger partial charge is 0.234 e. The Bertz CT molecular complexity index is 743. The van der Waals surface area contributed by atoms with Crippen LogP contribution in [0.5, 0.6) is 0 Å². The maximum Gasteiger partial charge on any atom is 0.234 e. The van der Waals surface area contributed by atoms with Crippen LogP contribution in [0.3, 0.4) is 0 Å². The average Bonchev–Trinajstić information content (AvgIpc) is 2.72. The Hall–Kier alpha value is -2.41. The van der Waals surface area contributed by atoms with Gasteiger partial charge in [-0.2, -0.15) is 0 Å². The highest BCUT2D eigenvalue weighted by molar-refractivity contribution is 5.80. The zero-order valence-corrected chi connectivity index (χ0v) is 17.5. The van der Waals surface area contributed by atoms with Gasteiger partial charge in [0.2, 0.25) is 17.7 Å². The number of amides is 3. The number of rotatable bonds is 6. The minimum Gasteiger partial charge on any atom is -0.355 e. The van der Waals surface area contributed by atoms with Gasteiger partial charge < -0.3 is 15.1 Å². The Morgan fingerprint density at radius 3 is 2.48 bits per heavy atom. The number of carbonyl (C=O) groups excluding carboxylic acids is 3. The Morgan fingerprint density at radius 2 is 1.79 bits per heavy atom. The summed E-state index contributed by atoms with van der Waals surface area (Å²) in [7, 11) is 0. The number of nitrogens with one attached hydrogen (secondary N) is 1. The number of hydrogen-bond donors (Lipinski definition) is 1. The van der Waals surface area contributed by atoms with Gasteiger partial charge in [0, 0.05) is 46.2 Å². The number of benzene rings is 1. The maximum atomic E-state index is 13.0. The molecule has 0 bridgehead atoms. The van der Waals surface area contributed by atoms with Crippen LogP contribution >= 0.6 is 0 Å². The lowest BCUT2D eigenvalue weighted by atomic mass is 9.90. The lowest BCUT2D eigenvalue weighted by molar-refractivity contribution is -0.137. The first-order valence-corrected chi connectivity index (χ1v) is 10.6. The molecule has 1 unspecified atom stereocenters. The molecule has 1 fully saturated rings. The summed E-state index contributed by atoms with van der Waals surface area (Å²) in [5.74, 6) is 0.135. The van der Waals surface area contributed by atoms with Gasteiger partial charge in [-0.3, -0.25) is 19.3 Å². The van der Waals surface area contributed by atoms with Gasteiger partial charge in [-0.15, -0.1) is 0 Å². The zero-order chi connectivity index (χ0) is 20.8. The van der Waals surface area contributed by atoms with Crippen molar-refractivity contribution in [2.75, 3.05) is 45.8 Å². The van der Waals surface area contributed by atoms with Crippen LogP contribution in [0.2, 0.25) is 0 Å². The third-order valence-electron chi connectivity index (χ3n) is 5.85. The molecule has 2 heterocycles. The molecular formula is C22H32N4O3. The van der Waals surface area contributed by atoms with Crippen LogP contribution in [-0.2, 0) is 20.8 Å². The van der Waals surface area contributed by atoms with Gasteiger partial charge in [-0.05, 0) is 24.0 Å². The highest BCUT2D eigenvalue weighted by Crippen LogP contribution is 2.32. The third-order valence-corrected chi connectivity index (χ3v) is 5.85. The monoisotopic (exact) mass is 400 g/mol. The van der Waals surface area contributed by atoms with E-state index in [1.54, 1.807) is 6.92 Å². The molecule has 29 heavy (non-hydrogen) atoms. The molecule has 7 heteroatoms. The highest BCUT2D eigenvalue weighted by Gasteiger charge is 2.32. The normalized spacial score (nSPS) is 19.6. The molecule has 1 N–H and O–H groups in total. The van der Waals surface area contributed by atoms with Crippen LogP contribution in [0, 0.1) is 0 Å². The summed E-state index contributed by atoms with van der Waals surface area (Å²) in [6, 6.07) is 7.92. The number of carbonyl (C=O) groups is 3. The summed E-state index contributed by atoms with van der Waals surface area (Å²) in [6.45, 7) is 7.98. The Morgan fingerprint density at radius 1 is 1.07 bits per heavy atom. The van der Waals surface area contributed by atoms with Crippen molar-refractivity contribution >= 4 is 17.7 Å². The van der Waals surface area contributed by atoms with E-state index in [4.69, 9.17) is 0 Å². The SMILES string of the molecule is CCCNC(=O)CN1CCN(C(=O)CC2c3ccccc3CCN2C(C)=O)CC1. The van der Waals surface area contributed by atoms with Crippen molar-refractivity contribution in [3.05, 3.63) is 35.4 Å². The standard InChI is InChI=1S/C22H32N4O3/c1-3-9-23-21(28)16-24-11-13-25(14-12-24)22(29)15-20-19-7-5-4-6-18(19)8-10-26(20)17(2)27/h4-7,20H,3,8-16H2,1-2H3,(H,23,28). The fourth-order valence-corrected chi connectivity index (χ4v) is 4.22. The predicted octanol–water partition coefficient (Wildman–Crippen LogP) is 1.19. The second-order valence-electron chi connectivity index (χ2n) is 7.89. The average molecular weight is 401 g/mol. The van der Waals surface area contributed by atoms with E-state index >= 15 is 0 Å². The molecule has 2 aliphatic heterocycles. The number of piperazine rings is 1. The fraction of sp³-hybridized carbons (Fsp3) is 0.591. The second kappa shape index (κ2) is 9.87. The van der Waals surface area contributed by atoms with Gasteiger partial charge in [0.15, 0.2) is 0 Å².